The van der Waals surface area contributed by atoms with Gasteiger partial charge in [0.2, 0.25) is 0 Å². The molecule has 0 aromatic carbocycles. The predicted molar refractivity (Wildman–Crippen MR) is 75.7 cm³/mol. The summed E-state index contributed by atoms with van der Waals surface area (Å²) in [6.07, 6.45) is 6.13. The first-order chi connectivity index (χ1) is 9.24. The lowest BCUT2D eigenvalue weighted by atomic mass is 10.2. The molecule has 1 unspecified atom stereocenters. The smallest absolute Gasteiger partial charge is 0.306 e. The Morgan fingerprint density at radius 2 is 1.90 bits per heavy atom. The highest BCUT2D eigenvalue weighted by Crippen LogP contribution is 2.08. The second-order valence-corrected chi connectivity index (χ2v) is 5.98. The molecule has 0 aromatic rings. The van der Waals surface area contributed by atoms with Crippen molar-refractivity contribution < 1.29 is 23.9 Å². The zero-order valence-electron chi connectivity index (χ0n) is 13.1. The SMILES string of the molecule is C/C=C/CCCCC(=O)OC(CC(=O)[O-])C[N+](C)(C)C. The normalized spacial score (nSPS) is 13.4. The van der Waals surface area contributed by atoms with Crippen LogP contribution in [-0.2, 0) is 14.3 Å². The van der Waals surface area contributed by atoms with Gasteiger partial charge in [0.05, 0.1) is 21.1 Å². The maximum atomic E-state index is 11.7. The van der Waals surface area contributed by atoms with Crippen LogP contribution in [0, 0.1) is 0 Å². The highest BCUT2D eigenvalue weighted by atomic mass is 16.5. The topological polar surface area (TPSA) is 66.4 Å². The van der Waals surface area contributed by atoms with Crippen molar-refractivity contribution in [1.82, 2.24) is 0 Å². The standard InChI is InChI=1S/C15H27NO4/c1-5-6-7-8-9-10-15(19)20-13(11-14(17)18)12-16(2,3)4/h5-6,13H,7-12H2,1-4H3/b6-5+. The van der Waals surface area contributed by atoms with Crippen LogP contribution >= 0.6 is 0 Å². The molecule has 0 aromatic heterocycles. The van der Waals surface area contributed by atoms with Crippen molar-refractivity contribution in [2.24, 2.45) is 0 Å². The number of aliphatic carboxylic acids is 1. The molecule has 0 radical (unpaired) electrons. The first kappa shape index (κ1) is 18.6. The lowest BCUT2D eigenvalue weighted by Crippen LogP contribution is -2.45. The van der Waals surface area contributed by atoms with Gasteiger partial charge in [-0.15, -0.1) is 0 Å². The van der Waals surface area contributed by atoms with Gasteiger partial charge in [-0.25, -0.2) is 0 Å². The molecule has 0 rings (SSSR count). The highest BCUT2D eigenvalue weighted by Gasteiger charge is 2.22. The largest absolute Gasteiger partial charge is 0.550 e. The second kappa shape index (κ2) is 9.53. The van der Waals surface area contributed by atoms with Gasteiger partial charge in [-0.1, -0.05) is 12.2 Å². The van der Waals surface area contributed by atoms with Crippen molar-refractivity contribution in [3.63, 3.8) is 0 Å². The lowest BCUT2D eigenvalue weighted by Gasteiger charge is -2.29. The summed E-state index contributed by atoms with van der Waals surface area (Å²) in [6.45, 7) is 2.42. The van der Waals surface area contributed by atoms with Crippen molar-refractivity contribution in [2.75, 3.05) is 27.7 Å². The Morgan fingerprint density at radius 3 is 2.40 bits per heavy atom. The van der Waals surface area contributed by atoms with E-state index >= 15 is 0 Å². The van der Waals surface area contributed by atoms with Gasteiger partial charge in [0.15, 0.2) is 6.10 Å². The van der Waals surface area contributed by atoms with Crippen LogP contribution in [0.3, 0.4) is 0 Å². The Kier molecular flexibility index (Phi) is 8.88. The molecule has 0 fully saturated rings. The van der Waals surface area contributed by atoms with Gasteiger partial charge < -0.3 is 19.1 Å². The molecule has 0 amide bonds. The van der Waals surface area contributed by atoms with Crippen LogP contribution in [-0.4, -0.2) is 50.2 Å². The molecular weight excluding hydrogens is 258 g/mol. The number of rotatable bonds is 10. The van der Waals surface area contributed by atoms with Crippen molar-refractivity contribution >= 4 is 11.9 Å². The molecule has 0 bridgehead atoms. The number of hydrogen-bond acceptors (Lipinski definition) is 4. The van der Waals surface area contributed by atoms with Gasteiger partial charge in [-0.05, 0) is 26.2 Å². The number of ether oxygens (including phenoxy) is 1. The summed E-state index contributed by atoms with van der Waals surface area (Å²) >= 11 is 0. The summed E-state index contributed by atoms with van der Waals surface area (Å²) in [5.41, 5.74) is 0. The highest BCUT2D eigenvalue weighted by molar-refractivity contribution is 5.70. The van der Waals surface area contributed by atoms with E-state index in [1.165, 1.54) is 0 Å². The third kappa shape index (κ3) is 11.7. The average molecular weight is 285 g/mol. The monoisotopic (exact) mass is 285 g/mol. The molecule has 0 spiro atoms. The molecule has 5 nitrogen and oxygen atoms in total. The zero-order chi connectivity index (χ0) is 15.6. The minimum atomic E-state index is -1.19. The van der Waals surface area contributed by atoms with E-state index in [2.05, 4.69) is 6.08 Å². The summed E-state index contributed by atoms with van der Waals surface area (Å²) in [6, 6.07) is 0. The first-order valence-electron chi connectivity index (χ1n) is 7.05. The molecule has 1 atom stereocenters. The summed E-state index contributed by atoms with van der Waals surface area (Å²) < 4.78 is 5.78. The number of nitrogens with zero attached hydrogens (tertiary/aromatic N) is 1. The number of carboxylic acids is 1. The van der Waals surface area contributed by atoms with E-state index in [9.17, 15) is 14.7 Å². The van der Waals surface area contributed by atoms with Crippen LogP contribution in [0.15, 0.2) is 12.2 Å². The van der Waals surface area contributed by atoms with Crippen molar-refractivity contribution in [3.05, 3.63) is 12.2 Å². The zero-order valence-corrected chi connectivity index (χ0v) is 13.1. The number of allylic oxidation sites excluding steroid dienone is 2. The summed E-state index contributed by atoms with van der Waals surface area (Å²) in [5, 5.41) is 10.7. The Balaban J connectivity index is 4.14. The first-order valence-corrected chi connectivity index (χ1v) is 7.05. The Hall–Kier alpha value is -1.36. The predicted octanol–water partition coefficient (Wildman–Crippen LogP) is 0.881. The van der Waals surface area contributed by atoms with Gasteiger partial charge in [0.25, 0.3) is 0 Å². The van der Waals surface area contributed by atoms with E-state index in [1.54, 1.807) is 0 Å². The number of esters is 1. The number of carbonyl (C=O) groups is 2. The lowest BCUT2D eigenvalue weighted by molar-refractivity contribution is -0.873. The van der Waals surface area contributed by atoms with E-state index < -0.39 is 12.1 Å². The molecular formula is C15H27NO4. The average Bonchev–Trinajstić information content (AvgIpc) is 2.25. The minimum Gasteiger partial charge on any atom is -0.550 e. The third-order valence-corrected chi connectivity index (χ3v) is 2.68. The van der Waals surface area contributed by atoms with Gasteiger partial charge in [0, 0.05) is 18.8 Å². The molecule has 0 saturated carbocycles. The van der Waals surface area contributed by atoms with E-state index in [-0.39, 0.29) is 12.4 Å². The number of carboxylic acid groups (broad SMARTS) is 1. The summed E-state index contributed by atoms with van der Waals surface area (Å²) in [4.78, 5) is 22.4. The molecule has 0 N–H and O–H groups in total. The fourth-order valence-corrected chi connectivity index (χ4v) is 1.88. The summed E-state index contributed by atoms with van der Waals surface area (Å²) in [7, 11) is 5.77. The number of hydrogen-bond donors (Lipinski definition) is 0. The molecule has 0 aliphatic rings. The maximum Gasteiger partial charge on any atom is 0.306 e. The molecule has 0 saturated heterocycles. The second-order valence-electron chi connectivity index (χ2n) is 5.98. The van der Waals surface area contributed by atoms with Crippen molar-refractivity contribution in [2.45, 2.75) is 45.1 Å². The van der Waals surface area contributed by atoms with Crippen LogP contribution in [0.25, 0.3) is 0 Å². The fraction of sp³-hybridized carbons (Fsp3) is 0.733. The van der Waals surface area contributed by atoms with Crippen LogP contribution in [0.5, 0.6) is 0 Å². The van der Waals surface area contributed by atoms with Gasteiger partial charge >= 0.3 is 5.97 Å². The Labute approximate surface area is 121 Å². The number of carbonyl (C=O) groups excluding carboxylic acids is 2. The molecule has 20 heavy (non-hydrogen) atoms. The molecule has 0 heterocycles. The van der Waals surface area contributed by atoms with Gasteiger partial charge in [0.1, 0.15) is 6.54 Å². The van der Waals surface area contributed by atoms with E-state index in [4.69, 9.17) is 4.74 Å². The quantitative estimate of drug-likeness (QED) is 0.259. The number of unbranched alkanes of at least 4 members (excludes halogenated alkanes) is 2. The number of quaternary nitrogens is 1. The molecule has 0 aliphatic carbocycles. The van der Waals surface area contributed by atoms with Crippen LogP contribution in [0.1, 0.15) is 39.0 Å². The minimum absolute atomic E-state index is 0.250. The van der Waals surface area contributed by atoms with Crippen LogP contribution in [0.4, 0.5) is 0 Å². The Morgan fingerprint density at radius 1 is 1.25 bits per heavy atom. The maximum absolute atomic E-state index is 11.7. The Bertz CT molecular complexity index is 331. The molecule has 5 heteroatoms. The van der Waals surface area contributed by atoms with Crippen molar-refractivity contribution in [3.8, 4) is 0 Å². The third-order valence-electron chi connectivity index (χ3n) is 2.68. The van der Waals surface area contributed by atoms with Gasteiger partial charge in [-0.3, -0.25) is 4.79 Å². The molecule has 116 valence electrons. The number of likely N-dealkylation sites (N-methyl/N-ethyl adjacent to an activating group) is 1. The van der Waals surface area contributed by atoms with E-state index in [1.807, 2.05) is 34.1 Å². The van der Waals surface area contributed by atoms with Gasteiger partial charge in [-0.2, -0.15) is 0 Å². The van der Waals surface area contributed by atoms with E-state index in [0.717, 1.165) is 19.3 Å². The van der Waals surface area contributed by atoms with Crippen molar-refractivity contribution in [1.29, 1.82) is 0 Å². The van der Waals surface area contributed by atoms with Crippen LogP contribution < -0.4 is 5.11 Å². The summed E-state index contributed by atoms with van der Waals surface area (Å²) in [5.74, 6) is -1.52. The molecule has 0 aliphatic heterocycles. The van der Waals surface area contributed by atoms with Crippen LogP contribution in [0.2, 0.25) is 0 Å². The fourth-order valence-electron chi connectivity index (χ4n) is 1.88. The van der Waals surface area contributed by atoms with E-state index in [0.29, 0.717) is 17.4 Å².